The Kier molecular flexibility index (Phi) is 4.92. The number of amides is 1. The number of hydrazone groups is 1. The fourth-order valence-corrected chi connectivity index (χ4v) is 4.70. The number of thioether (sulfide) groups is 1. The topological polar surface area (TPSA) is 67.2 Å². The molecule has 2 aliphatic heterocycles. The lowest BCUT2D eigenvalue weighted by Gasteiger charge is -2.23. The normalized spacial score (nSPS) is 18.7. The van der Waals surface area contributed by atoms with E-state index in [9.17, 15) is 4.79 Å². The molecule has 1 amide bonds. The standard InChI is InChI=1S/C22H17ClN4O2S/c1-29-15-8-6-13(7-9-15)18-11-19(27(26-18)22-25-20(28)12-30-22)16-10-14-4-2-3-5-17(14)24-21(16)23/h2-10,19H,11-12H2,1H3. The predicted octanol–water partition coefficient (Wildman–Crippen LogP) is 4.68. The van der Waals surface area contributed by atoms with Crippen molar-refractivity contribution in [3.8, 4) is 5.75 Å². The highest BCUT2D eigenvalue weighted by Crippen LogP contribution is 2.39. The Labute approximate surface area is 182 Å². The van der Waals surface area contributed by atoms with Crippen molar-refractivity contribution in [3.05, 3.63) is 70.9 Å². The van der Waals surface area contributed by atoms with Crippen LogP contribution in [0.4, 0.5) is 0 Å². The Morgan fingerprint density at radius 2 is 1.97 bits per heavy atom. The second kappa shape index (κ2) is 7.74. The van der Waals surface area contributed by atoms with Crippen molar-refractivity contribution in [2.45, 2.75) is 12.5 Å². The Hall–Kier alpha value is -2.90. The molecule has 6 nitrogen and oxygen atoms in total. The molecule has 0 saturated carbocycles. The van der Waals surface area contributed by atoms with Crippen molar-refractivity contribution in [1.29, 1.82) is 0 Å². The molecule has 3 heterocycles. The van der Waals surface area contributed by atoms with Crippen LogP contribution < -0.4 is 4.74 Å². The number of fused-ring (bicyclic) bond motifs is 1. The molecule has 1 unspecified atom stereocenters. The number of aliphatic imine (C=N–C) groups is 1. The molecule has 0 N–H and O–H groups in total. The van der Waals surface area contributed by atoms with E-state index in [4.69, 9.17) is 21.4 Å². The summed E-state index contributed by atoms with van der Waals surface area (Å²) in [5.74, 6) is 0.966. The summed E-state index contributed by atoms with van der Waals surface area (Å²) in [5, 5.41) is 8.68. The van der Waals surface area contributed by atoms with Crippen molar-refractivity contribution in [1.82, 2.24) is 9.99 Å². The van der Waals surface area contributed by atoms with Crippen molar-refractivity contribution >= 4 is 51.1 Å². The van der Waals surface area contributed by atoms with Gasteiger partial charge in [0.25, 0.3) is 5.91 Å². The van der Waals surface area contributed by atoms with Gasteiger partial charge in [0.1, 0.15) is 10.9 Å². The molecule has 2 aromatic carbocycles. The van der Waals surface area contributed by atoms with E-state index >= 15 is 0 Å². The molecular formula is C22H17ClN4O2S. The van der Waals surface area contributed by atoms with Gasteiger partial charge in [0.15, 0.2) is 5.17 Å². The van der Waals surface area contributed by atoms with Crippen LogP contribution in [0.2, 0.25) is 5.15 Å². The maximum Gasteiger partial charge on any atom is 0.258 e. The maximum absolute atomic E-state index is 11.8. The number of hydrogen-bond acceptors (Lipinski definition) is 6. The van der Waals surface area contributed by atoms with Gasteiger partial charge in [-0.25, -0.2) is 9.99 Å². The van der Waals surface area contributed by atoms with Crippen LogP contribution in [-0.4, -0.2) is 39.6 Å². The molecular weight excluding hydrogens is 420 g/mol. The van der Waals surface area contributed by atoms with E-state index < -0.39 is 0 Å². The molecule has 8 heteroatoms. The quantitative estimate of drug-likeness (QED) is 0.558. The Bertz CT molecular complexity index is 1210. The summed E-state index contributed by atoms with van der Waals surface area (Å²) < 4.78 is 5.26. The molecule has 150 valence electrons. The number of nitrogens with zero attached hydrogens (tertiary/aromatic N) is 4. The van der Waals surface area contributed by atoms with E-state index in [1.165, 1.54) is 11.8 Å². The molecule has 1 atom stereocenters. The zero-order valence-electron chi connectivity index (χ0n) is 16.1. The number of rotatable bonds is 3. The van der Waals surface area contributed by atoms with Gasteiger partial charge in [-0.1, -0.05) is 41.6 Å². The zero-order chi connectivity index (χ0) is 20.7. The smallest absolute Gasteiger partial charge is 0.258 e. The highest BCUT2D eigenvalue weighted by Gasteiger charge is 2.36. The van der Waals surface area contributed by atoms with Crippen LogP contribution >= 0.6 is 23.4 Å². The second-order valence-corrected chi connectivity index (χ2v) is 8.28. The minimum atomic E-state index is -0.191. The van der Waals surface area contributed by atoms with Crippen LogP contribution in [0.3, 0.4) is 0 Å². The Morgan fingerprint density at radius 3 is 2.70 bits per heavy atom. The molecule has 0 saturated heterocycles. The highest BCUT2D eigenvalue weighted by molar-refractivity contribution is 8.14. The van der Waals surface area contributed by atoms with Gasteiger partial charge in [-0.2, -0.15) is 10.1 Å². The number of amidine groups is 1. The maximum atomic E-state index is 11.8. The minimum Gasteiger partial charge on any atom is -0.497 e. The van der Waals surface area contributed by atoms with E-state index in [0.717, 1.165) is 33.5 Å². The van der Waals surface area contributed by atoms with E-state index in [2.05, 4.69) is 16.0 Å². The zero-order valence-corrected chi connectivity index (χ0v) is 17.7. The van der Waals surface area contributed by atoms with Crippen LogP contribution in [0, 0.1) is 0 Å². The molecule has 30 heavy (non-hydrogen) atoms. The monoisotopic (exact) mass is 436 g/mol. The number of methoxy groups -OCH3 is 1. The van der Waals surface area contributed by atoms with E-state index in [0.29, 0.717) is 22.5 Å². The third kappa shape index (κ3) is 3.44. The van der Waals surface area contributed by atoms with E-state index in [-0.39, 0.29) is 11.9 Å². The third-order valence-electron chi connectivity index (χ3n) is 5.14. The lowest BCUT2D eigenvalue weighted by Crippen LogP contribution is -2.24. The predicted molar refractivity (Wildman–Crippen MR) is 120 cm³/mol. The third-order valence-corrected chi connectivity index (χ3v) is 6.37. The summed E-state index contributed by atoms with van der Waals surface area (Å²) in [6.07, 6.45) is 0.625. The minimum absolute atomic E-state index is 0.149. The summed E-state index contributed by atoms with van der Waals surface area (Å²) >= 11 is 7.99. The number of carbonyl (C=O) groups excluding carboxylic acids is 1. The number of carbonyl (C=O) groups is 1. The van der Waals surface area contributed by atoms with Crippen LogP contribution in [0.1, 0.15) is 23.6 Å². The summed E-state index contributed by atoms with van der Waals surface area (Å²) in [6, 6.07) is 17.5. The lowest BCUT2D eigenvalue weighted by molar-refractivity contribution is -0.115. The number of benzene rings is 2. The highest BCUT2D eigenvalue weighted by atomic mass is 35.5. The SMILES string of the molecule is COc1ccc(C2=NN(C3=NC(=O)CS3)C(c3cc4ccccc4nc3Cl)C2)cc1. The first kappa shape index (κ1) is 19.1. The van der Waals surface area contributed by atoms with Crippen LogP contribution in [0.5, 0.6) is 5.75 Å². The molecule has 0 radical (unpaired) electrons. The van der Waals surface area contributed by atoms with Gasteiger partial charge in [-0.05, 0) is 42.0 Å². The first-order valence-electron chi connectivity index (χ1n) is 9.43. The fraction of sp³-hybridized carbons (Fsp3) is 0.182. The summed E-state index contributed by atoms with van der Waals surface area (Å²) in [5.41, 5.74) is 3.60. The summed E-state index contributed by atoms with van der Waals surface area (Å²) in [4.78, 5) is 20.5. The van der Waals surface area contributed by atoms with Gasteiger partial charge in [0.05, 0.1) is 30.1 Å². The molecule has 1 aromatic heterocycles. The van der Waals surface area contributed by atoms with Gasteiger partial charge in [0, 0.05) is 17.4 Å². The number of ether oxygens (including phenoxy) is 1. The number of hydrogen-bond donors (Lipinski definition) is 0. The number of pyridine rings is 1. The van der Waals surface area contributed by atoms with Gasteiger partial charge in [-0.3, -0.25) is 4.79 Å². The molecule has 3 aromatic rings. The van der Waals surface area contributed by atoms with E-state index in [1.807, 2.05) is 53.5 Å². The van der Waals surface area contributed by atoms with E-state index in [1.54, 1.807) is 7.11 Å². The van der Waals surface area contributed by atoms with Crippen molar-refractivity contribution in [3.63, 3.8) is 0 Å². The van der Waals surface area contributed by atoms with Gasteiger partial charge in [-0.15, -0.1) is 0 Å². The van der Waals surface area contributed by atoms with Crippen LogP contribution in [-0.2, 0) is 4.79 Å². The molecule has 0 spiro atoms. The average Bonchev–Trinajstić information content (AvgIpc) is 3.39. The summed E-state index contributed by atoms with van der Waals surface area (Å²) in [6.45, 7) is 0. The molecule has 0 bridgehead atoms. The van der Waals surface area contributed by atoms with Gasteiger partial charge >= 0.3 is 0 Å². The number of para-hydroxylation sites is 1. The number of aromatic nitrogens is 1. The molecule has 5 rings (SSSR count). The molecule has 0 aliphatic carbocycles. The number of halogens is 1. The largest absolute Gasteiger partial charge is 0.497 e. The Balaban J connectivity index is 1.57. The van der Waals surface area contributed by atoms with Crippen molar-refractivity contribution < 1.29 is 9.53 Å². The first-order valence-corrected chi connectivity index (χ1v) is 10.8. The van der Waals surface area contributed by atoms with Gasteiger partial charge in [0.2, 0.25) is 0 Å². The average molecular weight is 437 g/mol. The van der Waals surface area contributed by atoms with Gasteiger partial charge < -0.3 is 4.74 Å². The van der Waals surface area contributed by atoms with Crippen molar-refractivity contribution in [2.24, 2.45) is 10.1 Å². The first-order chi connectivity index (χ1) is 14.6. The van der Waals surface area contributed by atoms with Crippen LogP contribution in [0.15, 0.2) is 64.7 Å². The lowest BCUT2D eigenvalue weighted by atomic mass is 9.98. The molecule has 2 aliphatic rings. The molecule has 0 fully saturated rings. The second-order valence-electron chi connectivity index (χ2n) is 6.98. The summed E-state index contributed by atoms with van der Waals surface area (Å²) in [7, 11) is 1.64. The van der Waals surface area contributed by atoms with Crippen LogP contribution in [0.25, 0.3) is 10.9 Å². The van der Waals surface area contributed by atoms with Crippen molar-refractivity contribution in [2.75, 3.05) is 12.9 Å². The fourth-order valence-electron chi connectivity index (χ4n) is 3.64. The Morgan fingerprint density at radius 1 is 1.17 bits per heavy atom.